The first kappa shape index (κ1) is 14.2. The van der Waals surface area contributed by atoms with E-state index in [4.69, 9.17) is 0 Å². The highest BCUT2D eigenvalue weighted by Gasteiger charge is 2.32. The molecule has 1 aromatic carbocycles. The van der Waals surface area contributed by atoms with Crippen LogP contribution in [0.4, 0.5) is 5.69 Å². The van der Waals surface area contributed by atoms with Crippen LogP contribution in [0.3, 0.4) is 0 Å². The van der Waals surface area contributed by atoms with Crippen LogP contribution in [0.15, 0.2) is 35.8 Å². The lowest BCUT2D eigenvalue weighted by atomic mass is 10.2. The van der Waals surface area contributed by atoms with E-state index in [9.17, 15) is 4.79 Å². The molecule has 1 unspecified atom stereocenters. The Hall–Kier alpha value is -1.20. The zero-order valence-electron chi connectivity index (χ0n) is 10.8. The summed E-state index contributed by atoms with van der Waals surface area (Å²) < 4.78 is 2.19. The van der Waals surface area contributed by atoms with Crippen LogP contribution in [0.5, 0.6) is 0 Å². The van der Waals surface area contributed by atoms with Crippen LogP contribution in [0.25, 0.3) is 5.69 Å². The molecule has 0 radical (unpaired) electrons. The van der Waals surface area contributed by atoms with Gasteiger partial charge in [-0.2, -0.15) is 4.57 Å². The quantitative estimate of drug-likeness (QED) is 0.584. The van der Waals surface area contributed by atoms with Crippen molar-refractivity contribution in [2.75, 3.05) is 4.90 Å². The first-order valence-corrected chi connectivity index (χ1v) is 6.93. The average Bonchev–Trinajstić information content (AvgIpc) is 2.73. The van der Waals surface area contributed by atoms with Gasteiger partial charge in [0.05, 0.1) is 11.8 Å². The predicted molar refractivity (Wildman–Crippen MR) is 72.2 cm³/mol. The third-order valence-electron chi connectivity index (χ3n) is 3.33. The number of halogens is 1. The summed E-state index contributed by atoms with van der Waals surface area (Å²) in [6.45, 7) is 3.74. The molecular weight excluding hydrogens is 324 g/mol. The Morgan fingerprint density at radius 2 is 2.16 bits per heavy atom. The summed E-state index contributed by atoms with van der Waals surface area (Å²) >= 11 is 1.74. The van der Waals surface area contributed by atoms with E-state index in [-0.39, 0.29) is 28.9 Å². The molecule has 3 rings (SSSR count). The standard InChI is InChI=1S/C14H15N2OS.BrH/c1-10-9-14-15(7-8-18-14)12-5-3-4-6-13(12)16(10)11(2)17;/h3-8,10H,9H2,1-2H3;1H/q+1;/p-1. The third-order valence-corrected chi connectivity index (χ3v) is 4.23. The number of nitrogens with zero attached hydrogens (tertiary/aromatic N) is 2. The molecule has 2 aromatic rings. The maximum Gasteiger partial charge on any atom is 0.245 e. The molecule has 0 spiro atoms. The number of carbonyl (C=O) groups excluding carboxylic acids is 1. The van der Waals surface area contributed by atoms with E-state index in [0.717, 1.165) is 17.8 Å². The van der Waals surface area contributed by atoms with Gasteiger partial charge in [-0.3, -0.25) is 4.79 Å². The zero-order chi connectivity index (χ0) is 12.7. The van der Waals surface area contributed by atoms with Crippen LogP contribution in [0.1, 0.15) is 18.9 Å². The Bertz CT molecular complexity index is 611. The summed E-state index contributed by atoms with van der Waals surface area (Å²) in [7, 11) is 0. The van der Waals surface area contributed by atoms with Crippen molar-refractivity contribution in [2.45, 2.75) is 26.3 Å². The lowest BCUT2D eigenvalue weighted by molar-refractivity contribution is -0.597. The molecular formula is C14H15BrN2OS. The molecule has 0 saturated heterocycles. The minimum atomic E-state index is 0. The first-order chi connectivity index (χ1) is 8.68. The number of aromatic nitrogens is 1. The van der Waals surface area contributed by atoms with Crippen LogP contribution in [0.2, 0.25) is 0 Å². The Balaban J connectivity index is 0.00000133. The average molecular weight is 339 g/mol. The van der Waals surface area contributed by atoms with Crippen LogP contribution in [-0.4, -0.2) is 11.9 Å². The highest BCUT2D eigenvalue weighted by molar-refractivity contribution is 7.09. The topological polar surface area (TPSA) is 24.2 Å². The fourth-order valence-electron chi connectivity index (χ4n) is 2.60. The van der Waals surface area contributed by atoms with Gasteiger partial charge in [-0.15, -0.1) is 0 Å². The van der Waals surface area contributed by atoms with E-state index >= 15 is 0 Å². The van der Waals surface area contributed by atoms with Crippen LogP contribution in [0, 0.1) is 0 Å². The van der Waals surface area contributed by atoms with E-state index in [1.165, 1.54) is 5.01 Å². The molecule has 0 bridgehead atoms. The third kappa shape index (κ3) is 2.32. The van der Waals surface area contributed by atoms with Crippen LogP contribution in [-0.2, 0) is 11.2 Å². The van der Waals surface area contributed by atoms with Gasteiger partial charge in [0.2, 0.25) is 16.6 Å². The number of benzene rings is 1. The SMILES string of the molecule is CC(=O)N1c2ccccc2-[n+]2ccsc2CC1C.[Br-]. The monoisotopic (exact) mass is 338 g/mol. The Morgan fingerprint density at radius 3 is 2.89 bits per heavy atom. The van der Waals surface area contributed by atoms with E-state index in [1.54, 1.807) is 18.3 Å². The molecule has 0 aliphatic carbocycles. The normalized spacial score (nSPS) is 16.9. The van der Waals surface area contributed by atoms with Crippen molar-refractivity contribution in [3.8, 4) is 5.69 Å². The smallest absolute Gasteiger partial charge is 0.245 e. The number of carbonyl (C=O) groups is 1. The molecule has 5 heteroatoms. The molecule has 0 N–H and O–H groups in total. The largest absolute Gasteiger partial charge is 1.00 e. The van der Waals surface area contributed by atoms with Crippen LogP contribution >= 0.6 is 11.3 Å². The molecule has 1 amide bonds. The summed E-state index contributed by atoms with van der Waals surface area (Å²) in [6, 6.07) is 8.28. The van der Waals surface area contributed by atoms with Crippen molar-refractivity contribution >= 4 is 22.9 Å². The lowest BCUT2D eigenvalue weighted by Gasteiger charge is -2.25. The number of anilines is 1. The number of hydrogen-bond acceptors (Lipinski definition) is 2. The van der Waals surface area contributed by atoms with Crippen molar-refractivity contribution in [1.29, 1.82) is 0 Å². The number of para-hydroxylation sites is 2. The number of fused-ring (bicyclic) bond motifs is 3. The maximum absolute atomic E-state index is 11.9. The van der Waals surface area contributed by atoms with Crippen LogP contribution < -0.4 is 26.4 Å². The number of thiazole rings is 1. The van der Waals surface area contributed by atoms with Crippen molar-refractivity contribution < 1.29 is 26.3 Å². The molecule has 1 aromatic heterocycles. The Morgan fingerprint density at radius 1 is 1.42 bits per heavy atom. The fourth-order valence-corrected chi connectivity index (χ4v) is 3.55. The van der Waals surface area contributed by atoms with Gasteiger partial charge in [0.1, 0.15) is 5.69 Å². The number of rotatable bonds is 0. The fraction of sp³-hybridized carbons (Fsp3) is 0.286. The minimum absolute atomic E-state index is 0. The van der Waals surface area contributed by atoms with Gasteiger partial charge in [-0.1, -0.05) is 23.5 Å². The Kier molecular flexibility index (Phi) is 4.06. The number of hydrogen-bond donors (Lipinski definition) is 0. The van der Waals surface area contributed by atoms with Gasteiger partial charge in [-0.25, -0.2) is 0 Å². The molecule has 2 heterocycles. The van der Waals surface area contributed by atoms with Gasteiger partial charge < -0.3 is 21.9 Å². The van der Waals surface area contributed by atoms with Crippen molar-refractivity contribution in [3.05, 3.63) is 40.8 Å². The van der Waals surface area contributed by atoms with Gasteiger partial charge in [0, 0.05) is 19.0 Å². The second-order valence-electron chi connectivity index (χ2n) is 4.60. The van der Waals surface area contributed by atoms with Gasteiger partial charge in [0.25, 0.3) is 0 Å². The van der Waals surface area contributed by atoms with Gasteiger partial charge in [-0.05, 0) is 13.0 Å². The van der Waals surface area contributed by atoms with Crippen molar-refractivity contribution in [3.63, 3.8) is 0 Å². The maximum atomic E-state index is 11.9. The van der Waals surface area contributed by atoms with E-state index in [1.807, 2.05) is 23.1 Å². The molecule has 1 aliphatic heterocycles. The summed E-state index contributed by atoms with van der Waals surface area (Å²) in [5.41, 5.74) is 2.09. The highest BCUT2D eigenvalue weighted by Crippen LogP contribution is 2.28. The molecule has 100 valence electrons. The highest BCUT2D eigenvalue weighted by atomic mass is 79.9. The molecule has 0 saturated carbocycles. The van der Waals surface area contributed by atoms with E-state index in [2.05, 4.69) is 29.1 Å². The second-order valence-corrected chi connectivity index (χ2v) is 5.58. The van der Waals surface area contributed by atoms with Gasteiger partial charge >= 0.3 is 0 Å². The molecule has 1 atom stereocenters. The summed E-state index contributed by atoms with van der Waals surface area (Å²) in [6.07, 6.45) is 2.97. The second kappa shape index (κ2) is 5.43. The van der Waals surface area contributed by atoms with Gasteiger partial charge in [0.15, 0.2) is 6.20 Å². The zero-order valence-corrected chi connectivity index (χ0v) is 13.2. The minimum Gasteiger partial charge on any atom is -1.00 e. The predicted octanol–water partition coefficient (Wildman–Crippen LogP) is -0.674. The first-order valence-electron chi connectivity index (χ1n) is 6.05. The molecule has 0 fully saturated rings. The molecule has 3 nitrogen and oxygen atoms in total. The lowest BCUT2D eigenvalue weighted by Crippen LogP contribution is -3.00. The van der Waals surface area contributed by atoms with Crippen molar-refractivity contribution in [2.24, 2.45) is 0 Å². The molecule has 19 heavy (non-hydrogen) atoms. The number of amides is 1. The Labute approximate surface area is 127 Å². The summed E-state index contributed by atoms with van der Waals surface area (Å²) in [5, 5.41) is 3.39. The summed E-state index contributed by atoms with van der Waals surface area (Å²) in [4.78, 5) is 13.8. The summed E-state index contributed by atoms with van der Waals surface area (Å²) in [5.74, 6) is 0.103. The van der Waals surface area contributed by atoms with Crippen molar-refractivity contribution in [1.82, 2.24) is 0 Å². The van der Waals surface area contributed by atoms with E-state index < -0.39 is 0 Å². The molecule has 1 aliphatic rings. The van der Waals surface area contributed by atoms with E-state index in [0.29, 0.717) is 0 Å².